The van der Waals surface area contributed by atoms with Crippen LogP contribution < -0.4 is 5.56 Å². The number of carbonyl (C=O) groups excluding carboxylic acids is 2. The first kappa shape index (κ1) is 18.5. The van der Waals surface area contributed by atoms with E-state index in [1.54, 1.807) is 23.1 Å². The van der Waals surface area contributed by atoms with E-state index in [0.717, 1.165) is 4.88 Å². The van der Waals surface area contributed by atoms with E-state index >= 15 is 0 Å². The molecule has 1 aromatic carbocycles. The summed E-state index contributed by atoms with van der Waals surface area (Å²) in [5.74, 6) is 0.00646. The molecule has 1 amide bonds. The molecule has 28 heavy (non-hydrogen) atoms. The lowest BCUT2D eigenvalue weighted by molar-refractivity contribution is -0.133. The number of hydrogen-bond donors (Lipinski definition) is 0. The Bertz CT molecular complexity index is 1050. The highest BCUT2D eigenvalue weighted by Gasteiger charge is 2.23. The Kier molecular flexibility index (Phi) is 5.31. The molecule has 144 valence electrons. The van der Waals surface area contributed by atoms with Crippen molar-refractivity contribution < 1.29 is 9.59 Å². The van der Waals surface area contributed by atoms with Crippen LogP contribution in [0.3, 0.4) is 0 Å². The monoisotopic (exact) mass is 396 g/mol. The molecule has 1 aliphatic heterocycles. The maximum absolute atomic E-state index is 12.6. The molecule has 0 aliphatic carbocycles. The number of piperazine rings is 1. The highest BCUT2D eigenvalue weighted by molar-refractivity contribution is 7.12. The standard InChI is InChI=1S/C20H20N4O3S/c25-17(18-6-3-11-28-18)12-22-7-9-23(10-8-22)19(26)13-24-14-21-16-5-2-1-4-15(16)20(24)27/h1-6,11,14H,7-10,12-13H2. The Hall–Kier alpha value is -2.84. The fourth-order valence-corrected chi connectivity index (χ4v) is 3.99. The van der Waals surface area contributed by atoms with Gasteiger partial charge in [0.05, 0.1) is 28.7 Å². The number of rotatable bonds is 5. The molecule has 4 rings (SSSR count). The predicted octanol–water partition coefficient (Wildman–Crippen LogP) is 1.49. The molecule has 0 unspecified atom stereocenters. The molecule has 8 heteroatoms. The van der Waals surface area contributed by atoms with Crippen LogP contribution in [0.5, 0.6) is 0 Å². The molecule has 3 aromatic rings. The number of benzene rings is 1. The molecule has 0 N–H and O–H groups in total. The van der Waals surface area contributed by atoms with Crippen LogP contribution >= 0.6 is 11.3 Å². The predicted molar refractivity (Wildman–Crippen MR) is 108 cm³/mol. The van der Waals surface area contributed by atoms with E-state index in [0.29, 0.717) is 43.6 Å². The van der Waals surface area contributed by atoms with Gasteiger partial charge in [0, 0.05) is 26.2 Å². The van der Waals surface area contributed by atoms with Gasteiger partial charge >= 0.3 is 0 Å². The Morgan fingerprint density at radius 2 is 1.79 bits per heavy atom. The van der Waals surface area contributed by atoms with Gasteiger partial charge in [-0.25, -0.2) is 4.98 Å². The van der Waals surface area contributed by atoms with Crippen molar-refractivity contribution in [1.82, 2.24) is 19.4 Å². The van der Waals surface area contributed by atoms with Crippen LogP contribution in [0.15, 0.2) is 52.9 Å². The molecule has 1 saturated heterocycles. The number of ketones is 1. The maximum atomic E-state index is 12.6. The normalized spacial score (nSPS) is 15.1. The first-order chi connectivity index (χ1) is 13.6. The minimum atomic E-state index is -0.209. The summed E-state index contributed by atoms with van der Waals surface area (Å²) in [5.41, 5.74) is 0.416. The van der Waals surface area contributed by atoms with Crippen LogP contribution in [-0.2, 0) is 11.3 Å². The van der Waals surface area contributed by atoms with Crippen LogP contribution in [0.2, 0.25) is 0 Å². The van der Waals surface area contributed by atoms with Crippen LogP contribution in [0.4, 0.5) is 0 Å². The van der Waals surface area contributed by atoms with Gasteiger partial charge in [0.15, 0.2) is 5.78 Å². The molecule has 7 nitrogen and oxygen atoms in total. The van der Waals surface area contributed by atoms with E-state index in [1.165, 1.54) is 22.2 Å². The summed E-state index contributed by atoms with van der Waals surface area (Å²) in [6.45, 7) is 2.74. The zero-order valence-corrected chi connectivity index (χ0v) is 16.1. The fraction of sp³-hybridized carbons (Fsp3) is 0.300. The molecule has 0 atom stereocenters. The second kappa shape index (κ2) is 8.04. The first-order valence-corrected chi connectivity index (χ1v) is 10.0. The molecule has 1 aliphatic rings. The van der Waals surface area contributed by atoms with Gasteiger partial charge in [-0.1, -0.05) is 18.2 Å². The van der Waals surface area contributed by atoms with E-state index < -0.39 is 0 Å². The zero-order valence-electron chi connectivity index (χ0n) is 15.3. The molecule has 0 spiro atoms. The van der Waals surface area contributed by atoms with Gasteiger partial charge in [-0.3, -0.25) is 23.9 Å². The summed E-state index contributed by atoms with van der Waals surface area (Å²) >= 11 is 1.45. The fourth-order valence-electron chi connectivity index (χ4n) is 3.34. The topological polar surface area (TPSA) is 75.5 Å². The SMILES string of the molecule is O=C(CN1CCN(C(=O)Cn2cnc3ccccc3c2=O)CC1)c1cccs1. The summed E-state index contributed by atoms with van der Waals surface area (Å²) in [6, 6.07) is 10.8. The van der Waals surface area contributed by atoms with Gasteiger partial charge in [0.1, 0.15) is 6.54 Å². The van der Waals surface area contributed by atoms with Crippen LogP contribution in [0.1, 0.15) is 9.67 Å². The Morgan fingerprint density at radius 3 is 2.54 bits per heavy atom. The summed E-state index contributed by atoms with van der Waals surface area (Å²) in [7, 11) is 0. The van der Waals surface area contributed by atoms with Gasteiger partial charge < -0.3 is 4.90 Å². The minimum Gasteiger partial charge on any atom is -0.339 e. The van der Waals surface area contributed by atoms with Crippen molar-refractivity contribution in [2.45, 2.75) is 6.54 Å². The van der Waals surface area contributed by atoms with Crippen molar-refractivity contribution in [3.05, 3.63) is 63.3 Å². The first-order valence-electron chi connectivity index (χ1n) is 9.13. The Labute approximate surface area is 165 Å². The second-order valence-electron chi connectivity index (χ2n) is 6.75. The average Bonchev–Trinajstić information content (AvgIpc) is 3.26. The lowest BCUT2D eigenvalue weighted by atomic mass is 10.2. The minimum absolute atomic E-state index is 0.0230. The van der Waals surface area contributed by atoms with Gasteiger partial charge in [-0.15, -0.1) is 11.3 Å². The smallest absolute Gasteiger partial charge is 0.261 e. The summed E-state index contributed by atoms with van der Waals surface area (Å²) in [6.07, 6.45) is 1.43. The number of aromatic nitrogens is 2. The van der Waals surface area contributed by atoms with Crippen LogP contribution in [0.25, 0.3) is 10.9 Å². The van der Waals surface area contributed by atoms with Crippen molar-refractivity contribution in [1.29, 1.82) is 0 Å². The second-order valence-corrected chi connectivity index (χ2v) is 7.70. The molecule has 3 heterocycles. The molecular weight excluding hydrogens is 376 g/mol. The molecule has 0 saturated carbocycles. The van der Waals surface area contributed by atoms with Crippen molar-refractivity contribution in [3.63, 3.8) is 0 Å². The lowest BCUT2D eigenvalue weighted by Gasteiger charge is -2.34. The third-order valence-corrected chi connectivity index (χ3v) is 5.84. The van der Waals surface area contributed by atoms with Crippen molar-refractivity contribution >= 4 is 33.9 Å². The lowest BCUT2D eigenvalue weighted by Crippen LogP contribution is -2.51. The summed E-state index contributed by atoms with van der Waals surface area (Å²) < 4.78 is 1.36. The number of thiophene rings is 1. The van der Waals surface area contributed by atoms with Crippen LogP contribution in [0, 0.1) is 0 Å². The summed E-state index contributed by atoms with van der Waals surface area (Å²) in [4.78, 5) is 46.2. The third-order valence-electron chi connectivity index (χ3n) is 4.93. The van der Waals surface area contributed by atoms with Crippen molar-refractivity contribution in [3.8, 4) is 0 Å². The maximum Gasteiger partial charge on any atom is 0.261 e. The number of fused-ring (bicyclic) bond motifs is 1. The van der Waals surface area contributed by atoms with Crippen LogP contribution in [-0.4, -0.2) is 63.8 Å². The number of Topliss-reactive ketones (excluding diaryl/α,β-unsaturated/α-hetero) is 1. The van der Waals surface area contributed by atoms with Crippen molar-refractivity contribution in [2.75, 3.05) is 32.7 Å². The quantitative estimate of drug-likeness (QED) is 0.611. The molecular formula is C20H20N4O3S. The number of hydrogen-bond acceptors (Lipinski definition) is 6. The van der Waals surface area contributed by atoms with E-state index in [2.05, 4.69) is 9.88 Å². The number of para-hydroxylation sites is 1. The van der Waals surface area contributed by atoms with Gasteiger partial charge in [0.25, 0.3) is 5.56 Å². The number of amides is 1. The Balaban J connectivity index is 1.35. The molecule has 0 radical (unpaired) electrons. The van der Waals surface area contributed by atoms with E-state index in [-0.39, 0.29) is 23.8 Å². The van der Waals surface area contributed by atoms with Crippen molar-refractivity contribution in [2.24, 2.45) is 0 Å². The Morgan fingerprint density at radius 1 is 1.00 bits per heavy atom. The third kappa shape index (κ3) is 3.88. The zero-order chi connectivity index (χ0) is 19.5. The van der Waals surface area contributed by atoms with E-state index in [4.69, 9.17) is 0 Å². The average molecular weight is 396 g/mol. The van der Waals surface area contributed by atoms with Gasteiger partial charge in [-0.05, 0) is 23.6 Å². The highest BCUT2D eigenvalue weighted by Crippen LogP contribution is 2.11. The number of carbonyl (C=O) groups is 2. The van der Waals surface area contributed by atoms with E-state index in [9.17, 15) is 14.4 Å². The largest absolute Gasteiger partial charge is 0.339 e. The molecule has 0 bridgehead atoms. The van der Waals surface area contributed by atoms with Gasteiger partial charge in [0.2, 0.25) is 5.91 Å². The van der Waals surface area contributed by atoms with E-state index in [1.807, 2.05) is 23.6 Å². The van der Waals surface area contributed by atoms with Gasteiger partial charge in [-0.2, -0.15) is 0 Å². The highest BCUT2D eigenvalue weighted by atomic mass is 32.1. The summed E-state index contributed by atoms with van der Waals surface area (Å²) in [5, 5.41) is 2.41. The molecule has 1 fully saturated rings. The molecule has 2 aromatic heterocycles. The number of nitrogens with zero attached hydrogens (tertiary/aromatic N) is 4.